The van der Waals surface area contributed by atoms with Crippen LogP contribution in [0.5, 0.6) is 0 Å². The number of amides is 1. The molecule has 18 heavy (non-hydrogen) atoms. The van der Waals surface area contributed by atoms with Crippen molar-refractivity contribution in [2.24, 2.45) is 5.73 Å². The number of halogens is 1. The van der Waals surface area contributed by atoms with Crippen LogP contribution in [0.3, 0.4) is 0 Å². The highest BCUT2D eigenvalue weighted by Gasteiger charge is 2.11. The van der Waals surface area contributed by atoms with Gasteiger partial charge in [-0.3, -0.25) is 4.79 Å². The summed E-state index contributed by atoms with van der Waals surface area (Å²) < 4.78 is 0. The van der Waals surface area contributed by atoms with E-state index in [-0.39, 0.29) is 5.91 Å². The molecular formula is C13H19ClN2OS. The largest absolute Gasteiger partial charge is 0.341 e. The maximum atomic E-state index is 11.9. The Hall–Kier alpha value is -0.710. The molecule has 0 saturated carbocycles. The smallest absolute Gasteiger partial charge is 0.232 e. The lowest BCUT2D eigenvalue weighted by atomic mass is 10.2. The van der Waals surface area contributed by atoms with Crippen molar-refractivity contribution >= 4 is 29.3 Å². The molecule has 0 aliphatic carbocycles. The van der Waals surface area contributed by atoms with E-state index >= 15 is 0 Å². The fourth-order valence-electron chi connectivity index (χ4n) is 1.39. The Balaban J connectivity index is 2.45. The molecule has 0 aromatic heterocycles. The molecule has 0 aliphatic heterocycles. The number of thioether (sulfide) groups is 1. The van der Waals surface area contributed by atoms with E-state index in [0.717, 1.165) is 5.56 Å². The van der Waals surface area contributed by atoms with E-state index in [4.69, 9.17) is 17.3 Å². The Morgan fingerprint density at radius 2 is 2.28 bits per heavy atom. The van der Waals surface area contributed by atoms with Crippen molar-refractivity contribution in [2.75, 3.05) is 19.3 Å². The van der Waals surface area contributed by atoms with Crippen molar-refractivity contribution in [3.63, 3.8) is 0 Å². The van der Waals surface area contributed by atoms with Crippen molar-refractivity contribution in [2.45, 2.75) is 18.7 Å². The zero-order valence-electron chi connectivity index (χ0n) is 10.7. The fraction of sp³-hybridized carbons (Fsp3) is 0.462. The van der Waals surface area contributed by atoms with Gasteiger partial charge in [0, 0.05) is 30.4 Å². The third-order valence-corrected chi connectivity index (χ3v) is 3.97. The molecule has 0 fully saturated rings. The van der Waals surface area contributed by atoms with Gasteiger partial charge in [-0.1, -0.05) is 30.7 Å². The van der Waals surface area contributed by atoms with E-state index in [1.54, 1.807) is 23.7 Å². The van der Waals surface area contributed by atoms with Crippen molar-refractivity contribution in [1.82, 2.24) is 4.90 Å². The summed E-state index contributed by atoms with van der Waals surface area (Å²) >= 11 is 7.49. The van der Waals surface area contributed by atoms with Crippen LogP contribution in [0.15, 0.2) is 24.3 Å². The van der Waals surface area contributed by atoms with Crippen LogP contribution in [0.25, 0.3) is 0 Å². The third-order valence-electron chi connectivity index (χ3n) is 2.56. The first-order valence-electron chi connectivity index (χ1n) is 5.83. The second-order valence-corrected chi connectivity index (χ2v) is 6.10. The minimum Gasteiger partial charge on any atom is -0.341 e. The number of nitrogens with two attached hydrogens (primary N) is 1. The molecule has 1 unspecified atom stereocenters. The number of nitrogens with zero attached hydrogens (tertiary/aromatic N) is 1. The van der Waals surface area contributed by atoms with Gasteiger partial charge in [-0.25, -0.2) is 0 Å². The third kappa shape index (κ3) is 5.29. The summed E-state index contributed by atoms with van der Waals surface area (Å²) in [7, 11) is 1.80. The molecule has 1 amide bonds. The predicted molar refractivity (Wildman–Crippen MR) is 78.9 cm³/mol. The van der Waals surface area contributed by atoms with E-state index in [9.17, 15) is 4.79 Å². The van der Waals surface area contributed by atoms with Crippen LogP contribution >= 0.6 is 23.4 Å². The lowest BCUT2D eigenvalue weighted by Gasteiger charge is -2.18. The first-order chi connectivity index (χ1) is 8.52. The van der Waals surface area contributed by atoms with Crippen molar-refractivity contribution in [1.29, 1.82) is 0 Å². The maximum absolute atomic E-state index is 11.9. The van der Waals surface area contributed by atoms with Crippen molar-refractivity contribution in [3.05, 3.63) is 34.9 Å². The first-order valence-corrected chi connectivity index (χ1v) is 7.25. The SMILES string of the molecule is CC(CN)SCC(=O)N(C)Cc1cccc(Cl)c1. The molecule has 0 radical (unpaired) electrons. The average Bonchev–Trinajstić information content (AvgIpc) is 2.35. The number of hydrogen-bond donors (Lipinski definition) is 1. The molecule has 3 nitrogen and oxygen atoms in total. The summed E-state index contributed by atoms with van der Waals surface area (Å²) in [6.45, 7) is 3.20. The molecule has 0 aliphatic rings. The van der Waals surface area contributed by atoms with Crippen LogP contribution in [-0.2, 0) is 11.3 Å². The molecule has 5 heteroatoms. The van der Waals surface area contributed by atoms with Crippen LogP contribution < -0.4 is 5.73 Å². The van der Waals surface area contributed by atoms with Gasteiger partial charge in [0.1, 0.15) is 0 Å². The molecule has 1 rings (SSSR count). The lowest BCUT2D eigenvalue weighted by Crippen LogP contribution is -2.29. The highest BCUT2D eigenvalue weighted by molar-refractivity contribution is 8.00. The second-order valence-electron chi connectivity index (χ2n) is 4.24. The normalized spacial score (nSPS) is 12.2. The van der Waals surface area contributed by atoms with E-state index in [0.29, 0.717) is 29.1 Å². The van der Waals surface area contributed by atoms with E-state index < -0.39 is 0 Å². The van der Waals surface area contributed by atoms with Crippen molar-refractivity contribution in [3.8, 4) is 0 Å². The lowest BCUT2D eigenvalue weighted by molar-refractivity contribution is -0.127. The van der Waals surface area contributed by atoms with Crippen LogP contribution in [0.1, 0.15) is 12.5 Å². The van der Waals surface area contributed by atoms with Crippen LogP contribution in [-0.4, -0.2) is 35.4 Å². The van der Waals surface area contributed by atoms with Gasteiger partial charge in [-0.15, -0.1) is 11.8 Å². The topological polar surface area (TPSA) is 46.3 Å². The first kappa shape index (κ1) is 15.3. The van der Waals surface area contributed by atoms with E-state index in [1.165, 1.54) is 0 Å². The minimum atomic E-state index is 0.111. The van der Waals surface area contributed by atoms with Gasteiger partial charge in [0.2, 0.25) is 5.91 Å². The molecule has 2 N–H and O–H groups in total. The summed E-state index contributed by atoms with van der Waals surface area (Å²) in [4.78, 5) is 13.6. The molecule has 0 bridgehead atoms. The van der Waals surface area contributed by atoms with Gasteiger partial charge >= 0.3 is 0 Å². The van der Waals surface area contributed by atoms with Crippen LogP contribution in [0.4, 0.5) is 0 Å². The zero-order valence-corrected chi connectivity index (χ0v) is 12.3. The molecular weight excluding hydrogens is 268 g/mol. The monoisotopic (exact) mass is 286 g/mol. The summed E-state index contributed by atoms with van der Waals surface area (Å²) in [5, 5.41) is 1.01. The minimum absolute atomic E-state index is 0.111. The molecule has 0 saturated heterocycles. The number of carbonyl (C=O) groups is 1. The maximum Gasteiger partial charge on any atom is 0.232 e. The average molecular weight is 287 g/mol. The molecule has 1 aromatic carbocycles. The van der Waals surface area contributed by atoms with Gasteiger partial charge in [0.05, 0.1) is 5.75 Å². The molecule has 0 spiro atoms. The number of hydrogen-bond acceptors (Lipinski definition) is 3. The van der Waals surface area contributed by atoms with Gasteiger partial charge < -0.3 is 10.6 Å². The summed E-state index contributed by atoms with van der Waals surface area (Å²) in [5.74, 6) is 0.579. The Morgan fingerprint density at radius 1 is 1.56 bits per heavy atom. The Labute approximate surface area is 118 Å². The van der Waals surface area contributed by atoms with E-state index in [2.05, 4.69) is 0 Å². The van der Waals surface area contributed by atoms with Crippen LogP contribution in [0.2, 0.25) is 5.02 Å². The van der Waals surface area contributed by atoms with Gasteiger partial charge in [-0.05, 0) is 17.7 Å². The summed E-state index contributed by atoms with van der Waals surface area (Å²) in [6.07, 6.45) is 0. The van der Waals surface area contributed by atoms with Gasteiger partial charge in [0.25, 0.3) is 0 Å². The number of rotatable bonds is 6. The summed E-state index contributed by atoms with van der Waals surface area (Å²) in [5.41, 5.74) is 6.55. The van der Waals surface area contributed by atoms with Crippen molar-refractivity contribution < 1.29 is 4.79 Å². The second kappa shape index (κ2) is 7.67. The highest BCUT2D eigenvalue weighted by atomic mass is 35.5. The Morgan fingerprint density at radius 3 is 2.89 bits per heavy atom. The predicted octanol–water partition coefficient (Wildman–Crippen LogP) is 2.38. The van der Waals surface area contributed by atoms with Crippen LogP contribution in [0, 0.1) is 0 Å². The summed E-state index contributed by atoms with van der Waals surface area (Å²) in [6, 6.07) is 7.55. The molecule has 100 valence electrons. The molecule has 1 aromatic rings. The number of benzene rings is 1. The van der Waals surface area contributed by atoms with Gasteiger partial charge in [-0.2, -0.15) is 0 Å². The molecule has 1 atom stereocenters. The highest BCUT2D eigenvalue weighted by Crippen LogP contribution is 2.14. The fourth-order valence-corrected chi connectivity index (χ4v) is 2.39. The standard InChI is InChI=1S/C13H19ClN2OS/c1-10(7-15)18-9-13(17)16(2)8-11-4-3-5-12(14)6-11/h3-6,10H,7-9,15H2,1-2H3. The zero-order chi connectivity index (χ0) is 13.5. The molecule has 0 heterocycles. The van der Waals surface area contributed by atoms with Gasteiger partial charge in [0.15, 0.2) is 0 Å². The van der Waals surface area contributed by atoms with E-state index in [1.807, 2.05) is 31.2 Å². The Kier molecular flexibility index (Phi) is 6.54. The number of carbonyl (C=O) groups excluding carboxylic acids is 1. The Bertz CT molecular complexity index is 400. The quantitative estimate of drug-likeness (QED) is 0.873.